The number of nitro benzene ring substituents is 1. The summed E-state index contributed by atoms with van der Waals surface area (Å²) in [6, 6.07) is 11.9. The molecule has 2 rings (SSSR count). The molecule has 5 nitrogen and oxygen atoms in total. The summed E-state index contributed by atoms with van der Waals surface area (Å²) < 4.78 is 0. The van der Waals surface area contributed by atoms with Crippen LogP contribution in [0.5, 0.6) is 0 Å². The number of benzene rings is 2. The first-order valence-electron chi connectivity index (χ1n) is 5.74. The fraction of sp³-hybridized carbons (Fsp3) is 0.0714. The normalized spacial score (nSPS) is 10.2. The van der Waals surface area contributed by atoms with E-state index in [0.29, 0.717) is 10.5 Å². The lowest BCUT2D eigenvalue weighted by molar-refractivity contribution is -0.385. The molecule has 0 fully saturated rings. The summed E-state index contributed by atoms with van der Waals surface area (Å²) in [4.78, 5) is 23.0. The van der Waals surface area contributed by atoms with Crippen LogP contribution in [0.1, 0.15) is 15.9 Å². The molecule has 2 aromatic carbocycles. The molecule has 102 valence electrons. The predicted molar refractivity (Wildman–Crippen MR) is 75.4 cm³/mol. The second-order valence-corrected chi connectivity index (χ2v) is 5.21. The maximum atomic E-state index is 11.1. The number of carbonyl (C=O) groups is 1. The zero-order chi connectivity index (χ0) is 14.7. The highest BCUT2D eigenvalue weighted by atomic mass is 32.2. The van der Waals surface area contributed by atoms with Crippen LogP contribution in [0.3, 0.4) is 0 Å². The summed E-state index contributed by atoms with van der Waals surface area (Å²) in [5.41, 5.74) is 0.206. The zero-order valence-electron chi connectivity index (χ0n) is 10.6. The van der Waals surface area contributed by atoms with E-state index < -0.39 is 10.9 Å². The average molecular weight is 289 g/mol. The third-order valence-electron chi connectivity index (χ3n) is 2.75. The Kier molecular flexibility index (Phi) is 4.05. The van der Waals surface area contributed by atoms with Crippen LogP contribution >= 0.6 is 11.8 Å². The van der Waals surface area contributed by atoms with Crippen LogP contribution in [0, 0.1) is 17.0 Å². The van der Waals surface area contributed by atoms with Crippen LogP contribution in [-0.4, -0.2) is 16.0 Å². The molecule has 0 aliphatic carbocycles. The Hall–Kier alpha value is -2.34. The van der Waals surface area contributed by atoms with Crippen molar-refractivity contribution in [1.29, 1.82) is 0 Å². The van der Waals surface area contributed by atoms with E-state index in [2.05, 4.69) is 0 Å². The number of carboxylic acid groups (broad SMARTS) is 1. The molecule has 0 saturated heterocycles. The minimum atomic E-state index is -1.18. The van der Waals surface area contributed by atoms with Gasteiger partial charge in [0.2, 0.25) is 0 Å². The van der Waals surface area contributed by atoms with Gasteiger partial charge in [0.1, 0.15) is 0 Å². The number of rotatable bonds is 4. The van der Waals surface area contributed by atoms with Crippen molar-refractivity contribution in [3.05, 3.63) is 63.7 Å². The van der Waals surface area contributed by atoms with E-state index in [1.54, 1.807) is 6.92 Å². The topological polar surface area (TPSA) is 80.4 Å². The van der Waals surface area contributed by atoms with Crippen molar-refractivity contribution in [2.45, 2.75) is 16.7 Å². The van der Waals surface area contributed by atoms with Gasteiger partial charge in [0.15, 0.2) is 0 Å². The van der Waals surface area contributed by atoms with Crippen molar-refractivity contribution in [3.8, 4) is 0 Å². The summed E-state index contributed by atoms with van der Waals surface area (Å²) in [6.45, 7) is 1.62. The fourth-order valence-electron chi connectivity index (χ4n) is 1.71. The summed E-state index contributed by atoms with van der Waals surface area (Å²) in [5.74, 6) is -1.18. The first-order valence-corrected chi connectivity index (χ1v) is 6.56. The highest BCUT2D eigenvalue weighted by molar-refractivity contribution is 7.99. The quantitative estimate of drug-likeness (QED) is 0.684. The molecule has 0 atom stereocenters. The van der Waals surface area contributed by atoms with Crippen molar-refractivity contribution in [2.24, 2.45) is 0 Å². The summed E-state index contributed by atoms with van der Waals surface area (Å²) >= 11 is 1.31. The molecule has 1 N–H and O–H groups in total. The molecule has 0 spiro atoms. The second-order valence-electron chi connectivity index (χ2n) is 4.10. The Morgan fingerprint density at radius 2 is 1.90 bits per heavy atom. The number of hydrogen-bond donors (Lipinski definition) is 1. The van der Waals surface area contributed by atoms with Crippen LogP contribution < -0.4 is 0 Å². The SMILES string of the molecule is Cc1c(Sc2ccccc2)cc(C(=O)O)cc1[N+](=O)[O-]. The number of aromatic carboxylic acids is 1. The molecule has 2 aromatic rings. The van der Waals surface area contributed by atoms with Gasteiger partial charge in [-0.2, -0.15) is 0 Å². The Morgan fingerprint density at radius 3 is 2.45 bits per heavy atom. The largest absolute Gasteiger partial charge is 0.478 e. The van der Waals surface area contributed by atoms with E-state index in [1.807, 2.05) is 30.3 Å². The molecular formula is C14H11NO4S. The maximum absolute atomic E-state index is 11.1. The number of nitrogens with zero attached hydrogens (tertiary/aromatic N) is 1. The first-order chi connectivity index (χ1) is 9.49. The van der Waals surface area contributed by atoms with Crippen molar-refractivity contribution < 1.29 is 14.8 Å². The Bertz CT molecular complexity index is 670. The Balaban J connectivity index is 2.51. The zero-order valence-corrected chi connectivity index (χ0v) is 11.4. The molecule has 0 aliphatic rings. The van der Waals surface area contributed by atoms with Gasteiger partial charge in [-0.25, -0.2) is 4.79 Å². The van der Waals surface area contributed by atoms with Crippen LogP contribution in [0.25, 0.3) is 0 Å². The molecule has 0 heterocycles. The molecular weight excluding hydrogens is 278 g/mol. The van der Waals surface area contributed by atoms with Gasteiger partial charge in [0.05, 0.1) is 10.5 Å². The molecule has 0 bridgehead atoms. The predicted octanol–water partition coefficient (Wildman–Crippen LogP) is 3.75. The second kappa shape index (κ2) is 5.75. The third kappa shape index (κ3) is 2.97. The summed E-state index contributed by atoms with van der Waals surface area (Å²) in [5, 5.41) is 20.0. The minimum absolute atomic E-state index is 0.0827. The molecule has 0 unspecified atom stereocenters. The highest BCUT2D eigenvalue weighted by Crippen LogP contribution is 2.35. The van der Waals surface area contributed by atoms with Gasteiger partial charge >= 0.3 is 5.97 Å². The van der Waals surface area contributed by atoms with Crippen molar-refractivity contribution >= 4 is 23.4 Å². The minimum Gasteiger partial charge on any atom is -0.478 e. The maximum Gasteiger partial charge on any atom is 0.335 e. The van der Waals surface area contributed by atoms with Gasteiger partial charge in [-0.05, 0) is 25.1 Å². The van der Waals surface area contributed by atoms with Gasteiger partial charge < -0.3 is 5.11 Å². The molecule has 0 saturated carbocycles. The van der Waals surface area contributed by atoms with Crippen molar-refractivity contribution in [3.63, 3.8) is 0 Å². The first kappa shape index (κ1) is 14.1. The third-order valence-corrected chi connectivity index (χ3v) is 3.90. The number of hydrogen-bond acceptors (Lipinski definition) is 4. The molecule has 0 radical (unpaired) electrons. The Morgan fingerprint density at radius 1 is 1.25 bits per heavy atom. The van der Waals surface area contributed by atoms with Crippen LogP contribution in [0.4, 0.5) is 5.69 Å². The van der Waals surface area contributed by atoms with E-state index in [0.717, 1.165) is 11.0 Å². The average Bonchev–Trinajstić information content (AvgIpc) is 2.41. The lowest BCUT2D eigenvalue weighted by Gasteiger charge is -2.08. The van der Waals surface area contributed by atoms with Crippen LogP contribution in [0.2, 0.25) is 0 Å². The molecule has 0 aromatic heterocycles. The monoisotopic (exact) mass is 289 g/mol. The lowest BCUT2D eigenvalue weighted by atomic mass is 10.1. The Labute approximate surface area is 119 Å². The number of carboxylic acids is 1. The van der Waals surface area contributed by atoms with Gasteiger partial charge in [0.25, 0.3) is 5.69 Å². The standard InChI is InChI=1S/C14H11NO4S/c1-9-12(15(18)19)7-10(14(16)17)8-13(9)20-11-5-3-2-4-6-11/h2-8H,1H3,(H,16,17). The molecule has 0 aliphatic heterocycles. The fourth-order valence-corrected chi connectivity index (χ4v) is 2.70. The lowest BCUT2D eigenvalue weighted by Crippen LogP contribution is -2.01. The van der Waals surface area contributed by atoms with E-state index in [9.17, 15) is 14.9 Å². The van der Waals surface area contributed by atoms with Crippen molar-refractivity contribution in [2.75, 3.05) is 0 Å². The van der Waals surface area contributed by atoms with E-state index in [-0.39, 0.29) is 11.3 Å². The van der Waals surface area contributed by atoms with Gasteiger partial charge in [-0.1, -0.05) is 30.0 Å². The number of nitro groups is 1. The smallest absolute Gasteiger partial charge is 0.335 e. The van der Waals surface area contributed by atoms with Crippen molar-refractivity contribution in [1.82, 2.24) is 0 Å². The molecule has 20 heavy (non-hydrogen) atoms. The van der Waals surface area contributed by atoms with Gasteiger partial charge in [-0.3, -0.25) is 10.1 Å². The summed E-state index contributed by atoms with van der Waals surface area (Å²) in [6.07, 6.45) is 0. The van der Waals surface area contributed by atoms with E-state index in [4.69, 9.17) is 5.11 Å². The molecule has 0 amide bonds. The molecule has 6 heteroatoms. The summed E-state index contributed by atoms with van der Waals surface area (Å²) in [7, 11) is 0. The van der Waals surface area contributed by atoms with Gasteiger partial charge in [-0.15, -0.1) is 0 Å². The van der Waals surface area contributed by atoms with Crippen LogP contribution in [-0.2, 0) is 0 Å². The van der Waals surface area contributed by atoms with Crippen LogP contribution in [0.15, 0.2) is 52.3 Å². The van der Waals surface area contributed by atoms with E-state index >= 15 is 0 Å². The van der Waals surface area contributed by atoms with E-state index in [1.165, 1.54) is 17.8 Å². The van der Waals surface area contributed by atoms with Gasteiger partial charge in [0, 0.05) is 21.4 Å². The highest BCUT2D eigenvalue weighted by Gasteiger charge is 2.19.